The first-order chi connectivity index (χ1) is 11.3. The highest BCUT2D eigenvalue weighted by atomic mass is 16.6. The van der Waals surface area contributed by atoms with E-state index in [4.69, 9.17) is 15.2 Å². The van der Waals surface area contributed by atoms with E-state index in [-0.39, 0.29) is 12.1 Å². The van der Waals surface area contributed by atoms with Crippen molar-refractivity contribution >= 4 is 12.2 Å². The number of nitrogens with two attached hydrogens (primary N) is 1. The van der Waals surface area contributed by atoms with E-state index in [2.05, 4.69) is 5.32 Å². The maximum absolute atomic E-state index is 12.3. The van der Waals surface area contributed by atoms with Gasteiger partial charge in [-0.2, -0.15) is 0 Å². The zero-order valence-corrected chi connectivity index (χ0v) is 17.0. The Hall–Kier alpha value is -1.50. The van der Waals surface area contributed by atoms with Crippen LogP contribution in [0.15, 0.2) is 0 Å². The second kappa shape index (κ2) is 10.5. The van der Waals surface area contributed by atoms with Crippen LogP contribution in [0.4, 0.5) is 9.59 Å². The molecule has 0 aromatic heterocycles. The molecular weight excluding hydrogens is 322 g/mol. The number of rotatable bonds is 8. The van der Waals surface area contributed by atoms with Crippen LogP contribution in [0.1, 0.15) is 67.7 Å². The number of carbonyl (C=O) groups excluding carboxylic acids is 2. The number of carbonyl (C=O) groups is 2. The lowest BCUT2D eigenvalue weighted by atomic mass is 10.2. The van der Waals surface area contributed by atoms with Gasteiger partial charge in [-0.05, 0) is 67.7 Å². The maximum Gasteiger partial charge on any atom is 0.410 e. The minimum Gasteiger partial charge on any atom is -0.444 e. The molecule has 0 aliphatic carbocycles. The summed E-state index contributed by atoms with van der Waals surface area (Å²) in [6, 6.07) is 0.106. The quantitative estimate of drug-likeness (QED) is 0.649. The SMILES string of the molecule is CC(N)CCCN(CCCNC(=O)OC(C)(C)C)C(=O)OC(C)(C)C. The van der Waals surface area contributed by atoms with Crippen LogP contribution >= 0.6 is 0 Å². The summed E-state index contributed by atoms with van der Waals surface area (Å²) in [6.07, 6.45) is 1.49. The first-order valence-corrected chi connectivity index (χ1v) is 9.00. The van der Waals surface area contributed by atoms with Gasteiger partial charge in [0.05, 0.1) is 0 Å². The lowest BCUT2D eigenvalue weighted by molar-refractivity contribution is 0.0244. The molecule has 1 atom stereocenters. The number of ether oxygens (including phenoxy) is 2. The molecule has 25 heavy (non-hydrogen) atoms. The van der Waals surface area contributed by atoms with Crippen LogP contribution in [-0.4, -0.2) is 54.0 Å². The summed E-state index contributed by atoms with van der Waals surface area (Å²) in [5.74, 6) is 0. The summed E-state index contributed by atoms with van der Waals surface area (Å²) in [7, 11) is 0. The number of hydrogen-bond donors (Lipinski definition) is 2. The molecule has 0 saturated carbocycles. The van der Waals surface area contributed by atoms with E-state index in [1.165, 1.54) is 0 Å². The largest absolute Gasteiger partial charge is 0.444 e. The molecule has 7 nitrogen and oxygen atoms in total. The molecule has 7 heteroatoms. The van der Waals surface area contributed by atoms with E-state index in [1.807, 2.05) is 48.5 Å². The van der Waals surface area contributed by atoms with Crippen molar-refractivity contribution in [2.45, 2.75) is 85.0 Å². The van der Waals surface area contributed by atoms with Gasteiger partial charge in [-0.3, -0.25) is 0 Å². The van der Waals surface area contributed by atoms with Gasteiger partial charge < -0.3 is 25.4 Å². The van der Waals surface area contributed by atoms with Crippen molar-refractivity contribution in [3.05, 3.63) is 0 Å². The van der Waals surface area contributed by atoms with Gasteiger partial charge in [0.25, 0.3) is 0 Å². The highest BCUT2D eigenvalue weighted by molar-refractivity contribution is 5.68. The summed E-state index contributed by atoms with van der Waals surface area (Å²) in [6.45, 7) is 14.4. The third-order valence-electron chi connectivity index (χ3n) is 3.01. The molecule has 0 heterocycles. The average molecular weight is 360 g/mol. The molecule has 0 fully saturated rings. The third-order valence-corrected chi connectivity index (χ3v) is 3.01. The van der Waals surface area contributed by atoms with Crippen molar-refractivity contribution in [3.8, 4) is 0 Å². The van der Waals surface area contributed by atoms with Crippen molar-refractivity contribution in [1.82, 2.24) is 10.2 Å². The molecule has 3 N–H and O–H groups in total. The molecule has 0 rings (SSSR count). The standard InChI is InChI=1S/C18H37N3O4/c1-14(19)10-8-12-21(16(23)25-18(5,6)7)13-9-11-20-15(22)24-17(2,3)4/h14H,8-13,19H2,1-7H3,(H,20,22). The van der Waals surface area contributed by atoms with Gasteiger partial charge >= 0.3 is 12.2 Å². The molecule has 0 saturated heterocycles. The zero-order chi connectivity index (χ0) is 19.7. The predicted octanol–water partition coefficient (Wildman–Crippen LogP) is 3.27. The summed E-state index contributed by atoms with van der Waals surface area (Å²) in [5.41, 5.74) is 4.71. The van der Waals surface area contributed by atoms with Gasteiger partial charge in [0.15, 0.2) is 0 Å². The van der Waals surface area contributed by atoms with Gasteiger partial charge in [-0.15, -0.1) is 0 Å². The summed E-state index contributed by atoms with van der Waals surface area (Å²) < 4.78 is 10.6. The van der Waals surface area contributed by atoms with Gasteiger partial charge in [-0.1, -0.05) is 0 Å². The monoisotopic (exact) mass is 359 g/mol. The highest BCUT2D eigenvalue weighted by Gasteiger charge is 2.22. The molecule has 2 amide bonds. The van der Waals surface area contributed by atoms with E-state index >= 15 is 0 Å². The van der Waals surface area contributed by atoms with E-state index < -0.39 is 17.3 Å². The molecule has 1 unspecified atom stereocenters. The predicted molar refractivity (Wildman–Crippen MR) is 99.5 cm³/mol. The highest BCUT2D eigenvalue weighted by Crippen LogP contribution is 2.11. The fourth-order valence-electron chi connectivity index (χ4n) is 2.00. The van der Waals surface area contributed by atoms with E-state index in [0.29, 0.717) is 26.1 Å². The lowest BCUT2D eigenvalue weighted by Gasteiger charge is -2.27. The molecule has 0 aliphatic rings. The lowest BCUT2D eigenvalue weighted by Crippen LogP contribution is -2.40. The van der Waals surface area contributed by atoms with Crippen molar-refractivity contribution in [2.24, 2.45) is 5.73 Å². The molecule has 0 aliphatic heterocycles. The van der Waals surface area contributed by atoms with E-state index in [1.54, 1.807) is 4.90 Å². The number of nitrogens with zero attached hydrogens (tertiary/aromatic N) is 1. The number of nitrogens with one attached hydrogen (secondary N) is 1. The zero-order valence-electron chi connectivity index (χ0n) is 17.0. The van der Waals surface area contributed by atoms with E-state index in [9.17, 15) is 9.59 Å². The first-order valence-electron chi connectivity index (χ1n) is 9.00. The van der Waals surface area contributed by atoms with E-state index in [0.717, 1.165) is 12.8 Å². The minimum atomic E-state index is -0.536. The van der Waals surface area contributed by atoms with Crippen molar-refractivity contribution in [3.63, 3.8) is 0 Å². The average Bonchev–Trinajstić information content (AvgIpc) is 2.36. The van der Waals surface area contributed by atoms with Crippen molar-refractivity contribution in [1.29, 1.82) is 0 Å². The molecule has 0 aromatic carbocycles. The van der Waals surface area contributed by atoms with Gasteiger partial charge in [0.2, 0.25) is 0 Å². The van der Waals surface area contributed by atoms with Gasteiger partial charge in [0.1, 0.15) is 11.2 Å². The van der Waals surface area contributed by atoms with Crippen LogP contribution in [0.25, 0.3) is 0 Å². The topological polar surface area (TPSA) is 93.9 Å². The van der Waals surface area contributed by atoms with Crippen molar-refractivity contribution in [2.75, 3.05) is 19.6 Å². The Morgan fingerprint density at radius 1 is 1.00 bits per heavy atom. The van der Waals surface area contributed by atoms with Crippen LogP contribution in [-0.2, 0) is 9.47 Å². The Balaban J connectivity index is 4.38. The van der Waals surface area contributed by atoms with Crippen LogP contribution < -0.4 is 11.1 Å². The number of amides is 2. The molecule has 0 aromatic rings. The first kappa shape index (κ1) is 23.5. The molecule has 0 radical (unpaired) electrons. The molecule has 148 valence electrons. The van der Waals surface area contributed by atoms with Crippen LogP contribution in [0.5, 0.6) is 0 Å². The maximum atomic E-state index is 12.3. The summed E-state index contributed by atoms with van der Waals surface area (Å²) in [4.78, 5) is 25.6. The van der Waals surface area contributed by atoms with Crippen molar-refractivity contribution < 1.29 is 19.1 Å². The van der Waals surface area contributed by atoms with Crippen LogP contribution in [0, 0.1) is 0 Å². The summed E-state index contributed by atoms with van der Waals surface area (Å²) in [5, 5.41) is 2.70. The fourth-order valence-corrected chi connectivity index (χ4v) is 2.00. The normalized spacial score (nSPS) is 13.1. The molecule has 0 spiro atoms. The van der Waals surface area contributed by atoms with Crippen LogP contribution in [0.2, 0.25) is 0 Å². The minimum absolute atomic E-state index is 0.106. The Morgan fingerprint density at radius 2 is 1.52 bits per heavy atom. The Kier molecular flexibility index (Phi) is 9.85. The number of hydrogen-bond acceptors (Lipinski definition) is 5. The Labute approximate surface area is 152 Å². The summed E-state index contributed by atoms with van der Waals surface area (Å²) >= 11 is 0. The van der Waals surface area contributed by atoms with Gasteiger partial charge in [-0.25, -0.2) is 9.59 Å². The van der Waals surface area contributed by atoms with Gasteiger partial charge in [0, 0.05) is 25.7 Å². The second-order valence-electron chi connectivity index (χ2n) is 8.37. The third kappa shape index (κ3) is 14.5. The Bertz CT molecular complexity index is 412. The number of alkyl carbamates (subject to hydrolysis) is 1. The Morgan fingerprint density at radius 3 is 2.00 bits per heavy atom. The molecular formula is C18H37N3O4. The molecule has 0 bridgehead atoms. The fraction of sp³-hybridized carbons (Fsp3) is 0.889. The van der Waals surface area contributed by atoms with Crippen LogP contribution in [0.3, 0.4) is 0 Å². The smallest absolute Gasteiger partial charge is 0.410 e. The second-order valence-corrected chi connectivity index (χ2v) is 8.37.